The number of aromatic hydroxyl groups is 2. The maximum Gasteiger partial charge on any atom is 0.407 e. The molecule has 43 heavy (non-hydrogen) atoms. The van der Waals surface area contributed by atoms with Crippen LogP contribution in [0.4, 0.5) is 4.79 Å². The number of fused-ring (bicyclic) bond motifs is 3. The number of benzene rings is 2. The van der Waals surface area contributed by atoms with Crippen LogP contribution in [0.25, 0.3) is 0 Å². The van der Waals surface area contributed by atoms with Crippen molar-refractivity contribution in [1.29, 1.82) is 0 Å². The summed E-state index contributed by atoms with van der Waals surface area (Å²) in [7, 11) is 1.33. The molecule has 0 aromatic heterocycles. The summed E-state index contributed by atoms with van der Waals surface area (Å²) in [5.41, 5.74) is -3.35. The minimum atomic E-state index is -2.07. The number of rotatable bonds is 6. The summed E-state index contributed by atoms with van der Waals surface area (Å²) < 4.78 is 22.2. The Balaban J connectivity index is 1.60. The van der Waals surface area contributed by atoms with E-state index in [2.05, 4.69) is 5.32 Å². The van der Waals surface area contributed by atoms with Gasteiger partial charge in [-0.25, -0.2) is 4.79 Å². The third kappa shape index (κ3) is 5.01. The third-order valence-electron chi connectivity index (χ3n) is 8.33. The van der Waals surface area contributed by atoms with Crippen LogP contribution in [0.15, 0.2) is 18.2 Å². The van der Waals surface area contributed by atoms with E-state index < -0.39 is 95.2 Å². The lowest BCUT2D eigenvalue weighted by Gasteiger charge is -2.42. The molecule has 0 saturated carbocycles. The minimum absolute atomic E-state index is 0.0415. The second-order valence-electron chi connectivity index (χ2n) is 10.9. The molecule has 2 aliphatic carbocycles. The summed E-state index contributed by atoms with van der Waals surface area (Å²) in [4.78, 5) is 52.0. The predicted molar refractivity (Wildman–Crippen MR) is 146 cm³/mol. The number of hydrogen-bond donors (Lipinski definition) is 5. The van der Waals surface area contributed by atoms with E-state index in [0.717, 1.165) is 6.92 Å². The molecule has 1 amide bonds. The highest BCUT2D eigenvalue weighted by molar-refractivity contribution is 6.31. The van der Waals surface area contributed by atoms with Crippen molar-refractivity contribution in [2.75, 3.05) is 13.7 Å². The Bertz CT molecular complexity index is 1520. The number of carbonyl (C=O) groups is 4. The van der Waals surface area contributed by atoms with Crippen LogP contribution < -0.4 is 10.1 Å². The van der Waals surface area contributed by atoms with Crippen molar-refractivity contribution in [2.24, 2.45) is 0 Å². The van der Waals surface area contributed by atoms with E-state index in [4.69, 9.17) is 18.9 Å². The maximum absolute atomic E-state index is 13.8. The largest absolute Gasteiger partial charge is 0.507 e. The number of aliphatic hydroxyl groups is 2. The molecule has 1 heterocycles. The fourth-order valence-electron chi connectivity index (χ4n) is 6.09. The molecule has 0 radical (unpaired) electrons. The van der Waals surface area contributed by atoms with Crippen LogP contribution in [0.2, 0.25) is 0 Å². The van der Waals surface area contributed by atoms with Crippen LogP contribution in [0.1, 0.15) is 82.7 Å². The molecule has 2 aromatic carbocycles. The molecule has 13 nitrogen and oxygen atoms in total. The first kappa shape index (κ1) is 30.4. The first-order valence-corrected chi connectivity index (χ1v) is 13.9. The van der Waals surface area contributed by atoms with E-state index in [0.29, 0.717) is 0 Å². The number of alkyl carbamates (subject to hydrolysis) is 1. The quantitative estimate of drug-likeness (QED) is 0.258. The number of methoxy groups -OCH3 is 1. The Labute approximate surface area is 246 Å². The number of hydrogen-bond acceptors (Lipinski definition) is 12. The molecular weight excluding hydrogens is 566 g/mol. The van der Waals surface area contributed by atoms with Gasteiger partial charge in [-0.15, -0.1) is 0 Å². The Morgan fingerprint density at radius 2 is 1.81 bits per heavy atom. The zero-order chi connectivity index (χ0) is 31.4. The van der Waals surface area contributed by atoms with Gasteiger partial charge in [0.05, 0.1) is 48.7 Å². The molecule has 5 N–H and O–H groups in total. The van der Waals surface area contributed by atoms with Gasteiger partial charge in [0.2, 0.25) is 5.78 Å². The van der Waals surface area contributed by atoms with Crippen molar-refractivity contribution in [2.45, 2.75) is 76.3 Å². The third-order valence-corrected chi connectivity index (χ3v) is 8.33. The highest BCUT2D eigenvalue weighted by Crippen LogP contribution is 2.52. The van der Waals surface area contributed by atoms with E-state index in [-0.39, 0.29) is 41.0 Å². The zero-order valence-electron chi connectivity index (χ0n) is 24.0. The number of Topliss-reactive ketones (excluding diaryl/α,β-unsaturated/α-hetero) is 1. The topological polar surface area (TPSA) is 198 Å². The molecule has 6 atom stereocenters. The SMILES string of the molecule is CCOC(=O)N[C@@H]1C[C@H](O[C@@H]2C[C@@](O)(C(C)=O)Cc3c(O)c4c(c(O)c32)C(=O)c2c(OC)cccc2C4=O)O[C@H](C)[C@@H]1O. The monoisotopic (exact) mass is 599 g/mol. The van der Waals surface area contributed by atoms with Crippen molar-refractivity contribution >= 4 is 23.4 Å². The van der Waals surface area contributed by atoms with Crippen LogP contribution in [0, 0.1) is 0 Å². The van der Waals surface area contributed by atoms with Crippen molar-refractivity contribution in [3.05, 3.63) is 51.6 Å². The Hall–Kier alpha value is -4.04. The van der Waals surface area contributed by atoms with Gasteiger partial charge in [-0.1, -0.05) is 12.1 Å². The average molecular weight is 600 g/mol. The average Bonchev–Trinajstić information content (AvgIpc) is 2.95. The summed E-state index contributed by atoms with van der Waals surface area (Å²) in [5.74, 6) is -3.40. The summed E-state index contributed by atoms with van der Waals surface area (Å²) in [6, 6.07) is 3.52. The molecule has 0 spiro atoms. The summed E-state index contributed by atoms with van der Waals surface area (Å²) in [6.45, 7) is 4.44. The van der Waals surface area contributed by atoms with Crippen LogP contribution in [-0.4, -0.2) is 87.7 Å². The molecule has 5 rings (SSSR count). The lowest BCUT2D eigenvalue weighted by Crippen LogP contribution is -2.55. The van der Waals surface area contributed by atoms with Gasteiger partial charge in [0.1, 0.15) is 29.0 Å². The smallest absolute Gasteiger partial charge is 0.407 e. The molecule has 0 bridgehead atoms. The van der Waals surface area contributed by atoms with Gasteiger partial charge < -0.3 is 44.7 Å². The van der Waals surface area contributed by atoms with Crippen molar-refractivity contribution < 1.29 is 58.6 Å². The zero-order valence-corrected chi connectivity index (χ0v) is 24.0. The molecule has 0 unspecified atom stereocenters. The predicted octanol–water partition coefficient (Wildman–Crippen LogP) is 1.82. The molecule has 3 aliphatic rings. The fraction of sp³-hybridized carbons (Fsp3) is 0.467. The lowest BCUT2D eigenvalue weighted by atomic mass is 9.72. The summed E-state index contributed by atoms with van der Waals surface area (Å²) in [5, 5.41) is 47.5. The first-order valence-electron chi connectivity index (χ1n) is 13.9. The molecule has 230 valence electrons. The fourth-order valence-corrected chi connectivity index (χ4v) is 6.09. The van der Waals surface area contributed by atoms with Crippen LogP contribution in [0.3, 0.4) is 0 Å². The van der Waals surface area contributed by atoms with E-state index in [1.54, 1.807) is 13.8 Å². The van der Waals surface area contributed by atoms with Gasteiger partial charge in [-0.3, -0.25) is 14.4 Å². The lowest BCUT2D eigenvalue weighted by molar-refractivity contribution is -0.249. The molecule has 1 saturated heterocycles. The highest BCUT2D eigenvalue weighted by Gasteiger charge is 2.49. The van der Waals surface area contributed by atoms with Crippen molar-refractivity contribution in [3.63, 3.8) is 0 Å². The Morgan fingerprint density at radius 1 is 1.12 bits per heavy atom. The van der Waals surface area contributed by atoms with Gasteiger partial charge >= 0.3 is 6.09 Å². The van der Waals surface area contributed by atoms with Crippen LogP contribution >= 0.6 is 0 Å². The molecular formula is C30H33NO12. The number of ether oxygens (including phenoxy) is 4. The van der Waals surface area contributed by atoms with Gasteiger partial charge in [-0.05, 0) is 26.8 Å². The van der Waals surface area contributed by atoms with E-state index in [1.807, 2.05) is 0 Å². The number of ketones is 3. The van der Waals surface area contributed by atoms with Gasteiger partial charge in [0, 0.05) is 36.0 Å². The van der Waals surface area contributed by atoms with Crippen LogP contribution in [-0.2, 0) is 25.4 Å². The van der Waals surface area contributed by atoms with Crippen LogP contribution in [0.5, 0.6) is 17.2 Å². The minimum Gasteiger partial charge on any atom is -0.507 e. The highest BCUT2D eigenvalue weighted by atomic mass is 16.7. The number of carbonyl (C=O) groups excluding carboxylic acids is 4. The Kier molecular flexibility index (Phi) is 7.94. The summed E-state index contributed by atoms with van der Waals surface area (Å²) in [6.07, 6.45) is -6.15. The second-order valence-corrected chi connectivity index (χ2v) is 10.9. The maximum atomic E-state index is 13.8. The molecule has 2 aromatic rings. The standard InChI is InChI=1S/C30H33NO12/c1-5-41-29(38)31-16-9-19(42-12(2)24(16)33)43-18-11-30(39,13(3)32)10-15-21(18)28(37)23-22(26(15)35)25(34)14-7-6-8-17(40-4)20(14)27(23)36/h6-8,12,16,18-19,24,33,35,37,39H,5,9-11H2,1-4H3,(H,31,38)/t12-,16-,18-,19+,24+,30-/m1/s1. The summed E-state index contributed by atoms with van der Waals surface area (Å²) >= 11 is 0. The van der Waals surface area contributed by atoms with Gasteiger partial charge in [-0.2, -0.15) is 0 Å². The number of phenols is 2. The van der Waals surface area contributed by atoms with E-state index >= 15 is 0 Å². The number of nitrogens with one attached hydrogen (secondary N) is 1. The van der Waals surface area contributed by atoms with Crippen molar-refractivity contribution in [1.82, 2.24) is 5.32 Å². The second kappa shape index (κ2) is 11.2. The number of aliphatic hydroxyl groups excluding tert-OH is 1. The molecule has 1 aliphatic heterocycles. The Morgan fingerprint density at radius 3 is 2.47 bits per heavy atom. The van der Waals surface area contributed by atoms with Gasteiger partial charge in [0.15, 0.2) is 17.9 Å². The molecule has 13 heteroatoms. The first-order chi connectivity index (χ1) is 20.3. The van der Waals surface area contributed by atoms with Crippen molar-refractivity contribution in [3.8, 4) is 17.2 Å². The molecule has 1 fully saturated rings. The van der Waals surface area contributed by atoms with E-state index in [9.17, 15) is 39.6 Å². The van der Waals surface area contributed by atoms with Gasteiger partial charge in [0.25, 0.3) is 0 Å². The normalized spacial score (nSPS) is 27.9. The van der Waals surface area contributed by atoms with E-state index in [1.165, 1.54) is 25.3 Å². The number of amides is 1. The number of phenolic OH excluding ortho intramolecular Hbond substituents is 2.